The Labute approximate surface area is 185 Å². The maximum Gasteiger partial charge on any atom is 0.307 e. The van der Waals surface area contributed by atoms with E-state index in [1.807, 2.05) is 30.3 Å². The summed E-state index contributed by atoms with van der Waals surface area (Å²) >= 11 is 1.47. The number of benzene rings is 1. The van der Waals surface area contributed by atoms with Crippen LogP contribution in [0.1, 0.15) is 52.9 Å². The van der Waals surface area contributed by atoms with Crippen LogP contribution in [-0.4, -0.2) is 22.9 Å². The van der Waals surface area contributed by atoms with Crippen molar-refractivity contribution in [3.05, 3.63) is 46.3 Å². The van der Waals surface area contributed by atoms with Crippen LogP contribution in [0.3, 0.4) is 0 Å². The van der Waals surface area contributed by atoms with Crippen LogP contribution in [0.25, 0.3) is 0 Å². The molecule has 3 saturated carbocycles. The molecule has 4 aliphatic carbocycles. The number of carbonyl (C=O) groups excluding carboxylic acids is 2. The van der Waals surface area contributed by atoms with Crippen molar-refractivity contribution >= 4 is 39.8 Å². The smallest absolute Gasteiger partial charge is 0.307 e. The molecule has 6 rings (SSSR count). The summed E-state index contributed by atoms with van der Waals surface area (Å²) in [6, 6.07) is 9.28. The Balaban J connectivity index is 1.42. The maximum absolute atomic E-state index is 13.3. The molecule has 1 aromatic carbocycles. The van der Waals surface area contributed by atoms with Crippen LogP contribution in [0.2, 0.25) is 0 Å². The van der Waals surface area contributed by atoms with Crippen LogP contribution in [0, 0.1) is 23.7 Å². The minimum absolute atomic E-state index is 0.0763. The molecule has 2 amide bonds. The van der Waals surface area contributed by atoms with Crippen LogP contribution < -0.4 is 10.6 Å². The quantitative estimate of drug-likeness (QED) is 0.637. The van der Waals surface area contributed by atoms with E-state index in [2.05, 4.69) is 10.6 Å². The number of para-hydroxylation sites is 1. The van der Waals surface area contributed by atoms with Crippen LogP contribution in [0.4, 0.5) is 10.7 Å². The van der Waals surface area contributed by atoms with Gasteiger partial charge in [0.15, 0.2) is 0 Å². The van der Waals surface area contributed by atoms with Gasteiger partial charge in [0.1, 0.15) is 5.00 Å². The number of anilines is 2. The summed E-state index contributed by atoms with van der Waals surface area (Å²) in [5.41, 5.74) is 2.27. The standard InChI is InChI=1S/C24H26N2O4S/c27-21(18-13-9-11-14(12-10-13)19(18)24(29)30)26-23-20(16-7-4-8-17(16)31-23)22(28)25-15-5-2-1-3-6-15/h1-3,5-6,13-14,18-19H,4,7-12H2,(H,25,28)(H,26,27)(H,29,30)/t13?,14?,18-,19+/m0/s1. The Morgan fingerprint density at radius 2 is 1.58 bits per heavy atom. The van der Waals surface area contributed by atoms with E-state index < -0.39 is 17.8 Å². The zero-order chi connectivity index (χ0) is 21.5. The van der Waals surface area contributed by atoms with Crippen molar-refractivity contribution in [1.29, 1.82) is 0 Å². The molecule has 31 heavy (non-hydrogen) atoms. The first-order valence-electron chi connectivity index (χ1n) is 11.1. The third-order valence-corrected chi connectivity index (χ3v) is 8.43. The molecule has 6 nitrogen and oxygen atoms in total. The van der Waals surface area contributed by atoms with Gasteiger partial charge in [0.2, 0.25) is 5.91 Å². The zero-order valence-electron chi connectivity index (χ0n) is 17.2. The minimum Gasteiger partial charge on any atom is -0.481 e. The third kappa shape index (κ3) is 3.65. The molecule has 2 aromatic rings. The van der Waals surface area contributed by atoms with Gasteiger partial charge in [0.05, 0.1) is 17.4 Å². The van der Waals surface area contributed by atoms with Crippen LogP contribution in [0.5, 0.6) is 0 Å². The number of nitrogens with one attached hydrogen (secondary N) is 2. The van der Waals surface area contributed by atoms with Crippen molar-refractivity contribution in [2.75, 3.05) is 10.6 Å². The second kappa shape index (κ2) is 8.11. The van der Waals surface area contributed by atoms with E-state index in [4.69, 9.17) is 0 Å². The Kier molecular flexibility index (Phi) is 5.30. The summed E-state index contributed by atoms with van der Waals surface area (Å²) in [5.74, 6) is -2.29. The van der Waals surface area contributed by atoms with Gasteiger partial charge < -0.3 is 15.7 Å². The van der Waals surface area contributed by atoms with Gasteiger partial charge in [-0.05, 0) is 74.5 Å². The minimum atomic E-state index is -0.870. The van der Waals surface area contributed by atoms with Gasteiger partial charge in [0, 0.05) is 10.6 Å². The van der Waals surface area contributed by atoms with Crippen molar-refractivity contribution in [2.45, 2.75) is 44.9 Å². The molecule has 162 valence electrons. The Bertz CT molecular complexity index is 1020. The van der Waals surface area contributed by atoms with Crippen molar-refractivity contribution < 1.29 is 19.5 Å². The van der Waals surface area contributed by atoms with Crippen molar-refractivity contribution in [2.24, 2.45) is 23.7 Å². The predicted octanol–water partition coefficient (Wildman–Crippen LogP) is 4.56. The SMILES string of the molecule is O=C(Nc1ccccc1)c1c(NC(=O)[C@H]2C3CCC(CC3)[C@H]2C(=O)O)sc2c1CCC2. The van der Waals surface area contributed by atoms with Gasteiger partial charge in [-0.15, -0.1) is 11.3 Å². The van der Waals surface area contributed by atoms with Gasteiger partial charge in [-0.3, -0.25) is 14.4 Å². The number of hydrogen-bond donors (Lipinski definition) is 3. The average molecular weight is 439 g/mol. The number of rotatable bonds is 5. The molecule has 1 heterocycles. The van der Waals surface area contributed by atoms with Crippen LogP contribution in [0.15, 0.2) is 30.3 Å². The molecule has 0 unspecified atom stereocenters. The summed E-state index contributed by atoms with van der Waals surface area (Å²) in [6.45, 7) is 0. The number of aryl methyl sites for hydroxylation is 1. The largest absolute Gasteiger partial charge is 0.481 e. The molecule has 3 N–H and O–H groups in total. The number of amides is 2. The van der Waals surface area contributed by atoms with Crippen molar-refractivity contribution in [3.63, 3.8) is 0 Å². The molecule has 4 aliphatic rings. The highest BCUT2D eigenvalue weighted by Gasteiger charge is 2.50. The zero-order valence-corrected chi connectivity index (χ0v) is 18.0. The molecule has 1 aromatic heterocycles. The van der Waals surface area contributed by atoms with E-state index in [9.17, 15) is 19.5 Å². The first kappa shape index (κ1) is 20.2. The number of aliphatic carboxylic acids is 1. The normalized spacial score (nSPS) is 26.3. The topological polar surface area (TPSA) is 95.5 Å². The lowest BCUT2D eigenvalue weighted by atomic mass is 9.58. The summed E-state index contributed by atoms with van der Waals surface area (Å²) in [6.07, 6.45) is 6.35. The van der Waals surface area contributed by atoms with E-state index in [1.54, 1.807) is 0 Å². The fourth-order valence-electron chi connectivity index (χ4n) is 5.82. The molecule has 7 heteroatoms. The fourth-order valence-corrected chi connectivity index (χ4v) is 7.11. The average Bonchev–Trinajstić information content (AvgIpc) is 3.35. The summed E-state index contributed by atoms with van der Waals surface area (Å²) in [4.78, 5) is 39.6. The number of fused-ring (bicyclic) bond motifs is 4. The monoisotopic (exact) mass is 438 g/mol. The Morgan fingerprint density at radius 3 is 2.26 bits per heavy atom. The molecule has 2 bridgehead atoms. The van der Waals surface area contributed by atoms with E-state index in [1.165, 1.54) is 11.3 Å². The fraction of sp³-hybridized carbons (Fsp3) is 0.458. The van der Waals surface area contributed by atoms with Gasteiger partial charge in [-0.2, -0.15) is 0 Å². The number of carbonyl (C=O) groups is 3. The second-order valence-electron chi connectivity index (χ2n) is 8.94. The molecule has 0 aliphatic heterocycles. The van der Waals surface area contributed by atoms with E-state index >= 15 is 0 Å². The first-order chi connectivity index (χ1) is 15.0. The highest BCUT2D eigenvalue weighted by atomic mass is 32.1. The van der Waals surface area contributed by atoms with Gasteiger partial charge in [-0.1, -0.05) is 18.2 Å². The summed E-state index contributed by atoms with van der Waals surface area (Å²) in [7, 11) is 0. The predicted molar refractivity (Wildman–Crippen MR) is 119 cm³/mol. The van der Waals surface area contributed by atoms with E-state index in [0.29, 0.717) is 16.3 Å². The van der Waals surface area contributed by atoms with E-state index in [0.717, 1.165) is 55.4 Å². The Morgan fingerprint density at radius 1 is 0.903 bits per heavy atom. The molecule has 0 spiro atoms. The maximum atomic E-state index is 13.3. The highest BCUT2D eigenvalue weighted by Crippen LogP contribution is 2.50. The molecule has 2 atom stereocenters. The van der Waals surface area contributed by atoms with E-state index in [-0.39, 0.29) is 23.7 Å². The highest BCUT2D eigenvalue weighted by molar-refractivity contribution is 7.17. The molecule has 0 radical (unpaired) electrons. The summed E-state index contributed by atoms with van der Waals surface area (Å²) in [5, 5.41) is 16.3. The number of carboxylic acids is 1. The Hall–Kier alpha value is -2.67. The lowest BCUT2D eigenvalue weighted by Crippen LogP contribution is -2.49. The third-order valence-electron chi connectivity index (χ3n) is 7.22. The lowest BCUT2D eigenvalue weighted by Gasteiger charge is -2.45. The molecule has 0 saturated heterocycles. The lowest BCUT2D eigenvalue weighted by molar-refractivity contribution is -0.156. The summed E-state index contributed by atoms with van der Waals surface area (Å²) < 4.78 is 0. The number of thiophene rings is 1. The molecular weight excluding hydrogens is 412 g/mol. The molecule has 3 fully saturated rings. The van der Waals surface area contributed by atoms with Gasteiger partial charge >= 0.3 is 5.97 Å². The van der Waals surface area contributed by atoms with Crippen molar-refractivity contribution in [3.8, 4) is 0 Å². The first-order valence-corrected chi connectivity index (χ1v) is 11.9. The second-order valence-corrected chi connectivity index (χ2v) is 10.0. The number of hydrogen-bond acceptors (Lipinski definition) is 4. The van der Waals surface area contributed by atoms with Crippen LogP contribution >= 0.6 is 11.3 Å². The number of carboxylic acid groups (broad SMARTS) is 1. The van der Waals surface area contributed by atoms with Gasteiger partial charge in [0.25, 0.3) is 5.91 Å². The molecular formula is C24H26N2O4S. The van der Waals surface area contributed by atoms with Crippen LogP contribution in [-0.2, 0) is 22.4 Å². The van der Waals surface area contributed by atoms with Gasteiger partial charge in [-0.25, -0.2) is 0 Å². The van der Waals surface area contributed by atoms with Crippen molar-refractivity contribution in [1.82, 2.24) is 0 Å².